The molecule has 2 amide bonds. The summed E-state index contributed by atoms with van der Waals surface area (Å²) in [5, 5.41) is 2.74. The number of allylic oxidation sites excluding steroid dienone is 1. The third-order valence-corrected chi connectivity index (χ3v) is 6.14. The zero-order valence-corrected chi connectivity index (χ0v) is 15.5. The number of urea groups is 1. The first kappa shape index (κ1) is 18.0. The summed E-state index contributed by atoms with van der Waals surface area (Å²) < 4.78 is 13.8. The van der Waals surface area contributed by atoms with Crippen molar-refractivity contribution in [2.75, 3.05) is 18.4 Å². The Morgan fingerprint density at radius 1 is 1.36 bits per heavy atom. The highest BCUT2D eigenvalue weighted by atomic mass is 19.1. The quantitative estimate of drug-likeness (QED) is 0.684. The minimum Gasteiger partial charge on any atom is -0.321 e. The van der Waals surface area contributed by atoms with E-state index in [9.17, 15) is 9.18 Å². The molecule has 0 aliphatic heterocycles. The number of unbranched alkanes of at least 4 members (excludes halogenated alkanes) is 1. The van der Waals surface area contributed by atoms with Crippen LogP contribution in [0.25, 0.3) is 0 Å². The summed E-state index contributed by atoms with van der Waals surface area (Å²) >= 11 is 0. The van der Waals surface area contributed by atoms with E-state index in [0.717, 1.165) is 25.2 Å². The van der Waals surface area contributed by atoms with Gasteiger partial charge in [-0.05, 0) is 48.6 Å². The number of halogens is 1. The molecule has 1 saturated carbocycles. The maximum atomic E-state index is 13.8. The molecule has 3 aliphatic rings. The maximum Gasteiger partial charge on any atom is 0.322 e. The van der Waals surface area contributed by atoms with Crippen LogP contribution in [0.3, 0.4) is 0 Å². The van der Waals surface area contributed by atoms with Crippen LogP contribution in [0, 0.1) is 23.1 Å². The SMILES string of the molecule is CCCCN(CC1=CCC2CC1C2(C)C)C(=O)Nc1ccccc1F. The molecule has 1 aromatic carbocycles. The van der Waals surface area contributed by atoms with Crippen LogP contribution in [0.15, 0.2) is 35.9 Å². The van der Waals surface area contributed by atoms with Gasteiger partial charge in [-0.1, -0.05) is 51.0 Å². The number of amides is 2. The van der Waals surface area contributed by atoms with Crippen molar-refractivity contribution in [2.24, 2.45) is 17.3 Å². The van der Waals surface area contributed by atoms with Gasteiger partial charge in [0.25, 0.3) is 0 Å². The first-order chi connectivity index (χ1) is 11.9. The second kappa shape index (κ2) is 7.19. The summed E-state index contributed by atoms with van der Waals surface area (Å²) in [4.78, 5) is 14.6. The molecule has 0 heterocycles. The molecule has 0 saturated heterocycles. The molecular weight excluding hydrogens is 315 g/mol. The summed E-state index contributed by atoms with van der Waals surface area (Å²) in [7, 11) is 0. The van der Waals surface area contributed by atoms with E-state index >= 15 is 0 Å². The van der Waals surface area contributed by atoms with Crippen LogP contribution in [0.4, 0.5) is 14.9 Å². The van der Waals surface area contributed by atoms with Crippen LogP contribution in [0.5, 0.6) is 0 Å². The van der Waals surface area contributed by atoms with E-state index in [2.05, 4.69) is 32.2 Å². The van der Waals surface area contributed by atoms with Crippen molar-refractivity contribution in [2.45, 2.75) is 46.5 Å². The number of anilines is 1. The summed E-state index contributed by atoms with van der Waals surface area (Å²) in [5.74, 6) is 0.973. The predicted molar refractivity (Wildman–Crippen MR) is 100.0 cm³/mol. The van der Waals surface area contributed by atoms with Crippen molar-refractivity contribution in [3.8, 4) is 0 Å². The predicted octanol–water partition coefficient (Wildman–Crippen LogP) is 5.45. The molecule has 4 rings (SSSR count). The van der Waals surface area contributed by atoms with Crippen LogP contribution in [-0.4, -0.2) is 24.0 Å². The molecule has 136 valence electrons. The Labute approximate surface area is 150 Å². The molecule has 2 bridgehead atoms. The zero-order valence-electron chi connectivity index (χ0n) is 15.5. The van der Waals surface area contributed by atoms with Gasteiger partial charge in [0.15, 0.2) is 0 Å². The van der Waals surface area contributed by atoms with Crippen LogP contribution in [0.1, 0.15) is 46.5 Å². The lowest BCUT2D eigenvalue weighted by Gasteiger charge is -2.57. The van der Waals surface area contributed by atoms with E-state index in [0.29, 0.717) is 24.4 Å². The molecule has 25 heavy (non-hydrogen) atoms. The van der Waals surface area contributed by atoms with Crippen molar-refractivity contribution in [1.82, 2.24) is 4.90 Å². The van der Waals surface area contributed by atoms with Crippen LogP contribution < -0.4 is 5.32 Å². The topological polar surface area (TPSA) is 32.3 Å². The Hall–Kier alpha value is -1.84. The number of para-hydroxylation sites is 1. The summed E-state index contributed by atoms with van der Waals surface area (Å²) in [5.41, 5.74) is 1.98. The molecule has 0 spiro atoms. The van der Waals surface area contributed by atoms with Gasteiger partial charge in [0.2, 0.25) is 0 Å². The number of nitrogens with zero attached hydrogens (tertiary/aromatic N) is 1. The molecule has 4 heteroatoms. The molecule has 3 aliphatic carbocycles. The monoisotopic (exact) mass is 344 g/mol. The summed E-state index contributed by atoms with van der Waals surface area (Å²) in [6, 6.07) is 6.12. The number of hydrogen-bond donors (Lipinski definition) is 1. The van der Waals surface area contributed by atoms with E-state index in [1.807, 2.05) is 4.90 Å². The molecule has 2 unspecified atom stereocenters. The molecule has 1 fully saturated rings. The van der Waals surface area contributed by atoms with Crippen molar-refractivity contribution in [3.05, 3.63) is 41.7 Å². The van der Waals surface area contributed by atoms with Crippen LogP contribution in [-0.2, 0) is 0 Å². The molecule has 2 atom stereocenters. The van der Waals surface area contributed by atoms with Gasteiger partial charge in [0.05, 0.1) is 5.69 Å². The number of fused-ring (bicyclic) bond motifs is 1. The lowest BCUT2D eigenvalue weighted by atomic mass is 9.49. The van der Waals surface area contributed by atoms with Gasteiger partial charge in [-0.3, -0.25) is 0 Å². The lowest BCUT2D eigenvalue weighted by Crippen LogP contribution is -2.50. The Morgan fingerprint density at radius 3 is 2.76 bits per heavy atom. The van der Waals surface area contributed by atoms with Gasteiger partial charge in [-0.2, -0.15) is 0 Å². The smallest absolute Gasteiger partial charge is 0.321 e. The molecule has 0 aromatic heterocycles. The van der Waals surface area contributed by atoms with Crippen molar-refractivity contribution in [1.29, 1.82) is 0 Å². The fourth-order valence-electron chi connectivity index (χ4n) is 4.23. The van der Waals surface area contributed by atoms with Gasteiger partial charge in [-0.15, -0.1) is 0 Å². The molecule has 0 radical (unpaired) electrons. The molecule has 1 aromatic rings. The van der Waals surface area contributed by atoms with E-state index in [1.165, 1.54) is 18.1 Å². The standard InChI is InChI=1S/C21H29FN2O/c1-4-5-12-24(20(25)23-19-9-7-6-8-18(19)22)14-15-10-11-16-13-17(15)21(16,2)3/h6-10,16-17H,4-5,11-14H2,1-3H3,(H,23,25). The maximum absolute atomic E-state index is 13.8. The fraction of sp³-hybridized carbons (Fsp3) is 0.571. The van der Waals surface area contributed by atoms with Gasteiger partial charge in [0, 0.05) is 13.1 Å². The number of rotatable bonds is 6. The third-order valence-electron chi connectivity index (χ3n) is 6.14. The number of nitrogens with one attached hydrogen (secondary N) is 1. The first-order valence-corrected chi connectivity index (χ1v) is 9.42. The number of carbonyl (C=O) groups excluding carboxylic acids is 1. The molecule has 1 N–H and O–H groups in total. The average Bonchev–Trinajstić information content (AvgIpc) is 2.60. The number of benzene rings is 1. The van der Waals surface area contributed by atoms with E-state index in [4.69, 9.17) is 0 Å². The zero-order chi connectivity index (χ0) is 18.0. The molecular formula is C21H29FN2O. The molecule has 3 nitrogen and oxygen atoms in total. The highest BCUT2D eigenvalue weighted by molar-refractivity contribution is 5.89. The van der Waals surface area contributed by atoms with Crippen molar-refractivity contribution < 1.29 is 9.18 Å². The van der Waals surface area contributed by atoms with E-state index < -0.39 is 5.82 Å². The fourth-order valence-corrected chi connectivity index (χ4v) is 4.23. The van der Waals surface area contributed by atoms with Crippen molar-refractivity contribution >= 4 is 11.7 Å². The van der Waals surface area contributed by atoms with Gasteiger partial charge >= 0.3 is 6.03 Å². The van der Waals surface area contributed by atoms with Gasteiger partial charge < -0.3 is 10.2 Å². The van der Waals surface area contributed by atoms with Gasteiger partial charge in [-0.25, -0.2) is 9.18 Å². The Morgan fingerprint density at radius 2 is 2.12 bits per heavy atom. The minimum absolute atomic E-state index is 0.210. The number of carbonyl (C=O) groups is 1. The highest BCUT2D eigenvalue weighted by Gasteiger charge is 2.51. The lowest BCUT2D eigenvalue weighted by molar-refractivity contribution is -0.00952. The average molecular weight is 344 g/mol. The second-order valence-electron chi connectivity index (χ2n) is 8.01. The van der Waals surface area contributed by atoms with Crippen LogP contribution in [0.2, 0.25) is 0 Å². The highest BCUT2D eigenvalue weighted by Crippen LogP contribution is 2.59. The first-order valence-electron chi connectivity index (χ1n) is 9.42. The Bertz CT molecular complexity index is 668. The Kier molecular flexibility index (Phi) is 5.16. The van der Waals surface area contributed by atoms with Crippen molar-refractivity contribution in [3.63, 3.8) is 0 Å². The number of hydrogen-bond acceptors (Lipinski definition) is 1. The normalized spacial score (nSPS) is 23.4. The largest absolute Gasteiger partial charge is 0.322 e. The van der Waals surface area contributed by atoms with Gasteiger partial charge in [0.1, 0.15) is 5.82 Å². The summed E-state index contributed by atoms with van der Waals surface area (Å²) in [6.45, 7) is 8.15. The third kappa shape index (κ3) is 3.58. The van der Waals surface area contributed by atoms with E-state index in [-0.39, 0.29) is 11.7 Å². The second-order valence-corrected chi connectivity index (χ2v) is 8.01. The van der Waals surface area contributed by atoms with Crippen LogP contribution >= 0.6 is 0 Å². The minimum atomic E-state index is -0.397. The Balaban J connectivity index is 1.70. The summed E-state index contributed by atoms with van der Waals surface area (Å²) in [6.07, 6.45) is 6.68. The van der Waals surface area contributed by atoms with E-state index in [1.54, 1.807) is 18.2 Å².